The van der Waals surface area contributed by atoms with E-state index in [2.05, 4.69) is 16.9 Å². The first-order chi connectivity index (χ1) is 7.13. The van der Waals surface area contributed by atoms with Crippen molar-refractivity contribution in [2.75, 3.05) is 0 Å². The van der Waals surface area contributed by atoms with Gasteiger partial charge in [-0.2, -0.15) is 0 Å². The fourth-order valence-corrected chi connectivity index (χ4v) is 1.28. The summed E-state index contributed by atoms with van der Waals surface area (Å²) < 4.78 is 5.53. The van der Waals surface area contributed by atoms with Crippen LogP contribution in [0.25, 0.3) is 0 Å². The standard InChI is InChI=1S/C10H15N3OS/c1-3-4-7(2)14-9-6-12-8(5-13-9)10(11)15/h5-7H,3-4H2,1-2H3,(H2,11,15). The van der Waals surface area contributed by atoms with Crippen LogP contribution < -0.4 is 10.5 Å². The molecule has 1 rings (SSSR count). The van der Waals surface area contributed by atoms with Gasteiger partial charge < -0.3 is 10.5 Å². The number of hydrogen-bond acceptors (Lipinski definition) is 4. The Balaban J connectivity index is 2.60. The highest BCUT2D eigenvalue weighted by molar-refractivity contribution is 7.80. The van der Waals surface area contributed by atoms with Crippen molar-refractivity contribution < 1.29 is 4.74 Å². The zero-order chi connectivity index (χ0) is 11.3. The SMILES string of the molecule is CCCC(C)Oc1cnc(C(N)=S)cn1. The number of hydrogen-bond donors (Lipinski definition) is 1. The molecule has 82 valence electrons. The van der Waals surface area contributed by atoms with Crippen molar-refractivity contribution in [3.8, 4) is 5.88 Å². The summed E-state index contributed by atoms with van der Waals surface area (Å²) in [5.41, 5.74) is 5.92. The Hall–Kier alpha value is -1.23. The van der Waals surface area contributed by atoms with Crippen molar-refractivity contribution in [1.29, 1.82) is 0 Å². The zero-order valence-corrected chi connectivity index (χ0v) is 9.75. The molecule has 0 spiro atoms. The Labute approximate surface area is 94.9 Å². The van der Waals surface area contributed by atoms with Gasteiger partial charge >= 0.3 is 0 Å². The van der Waals surface area contributed by atoms with Crippen molar-refractivity contribution in [2.24, 2.45) is 5.73 Å². The third kappa shape index (κ3) is 3.79. The maximum atomic E-state index is 5.53. The highest BCUT2D eigenvalue weighted by atomic mass is 32.1. The van der Waals surface area contributed by atoms with E-state index in [4.69, 9.17) is 22.7 Å². The molecule has 0 aliphatic rings. The molecule has 0 bridgehead atoms. The van der Waals surface area contributed by atoms with E-state index in [1.165, 1.54) is 6.20 Å². The first kappa shape index (κ1) is 11.8. The Morgan fingerprint density at radius 1 is 1.53 bits per heavy atom. The molecule has 1 heterocycles. The molecule has 0 aliphatic carbocycles. The van der Waals surface area contributed by atoms with Gasteiger partial charge in [0, 0.05) is 0 Å². The van der Waals surface area contributed by atoms with Crippen LogP contribution in [0.1, 0.15) is 32.4 Å². The summed E-state index contributed by atoms with van der Waals surface area (Å²) in [6.07, 6.45) is 5.30. The predicted octanol–water partition coefficient (Wildman–Crippen LogP) is 1.68. The van der Waals surface area contributed by atoms with Crippen molar-refractivity contribution in [3.63, 3.8) is 0 Å². The van der Waals surface area contributed by atoms with Gasteiger partial charge in [-0.05, 0) is 13.3 Å². The summed E-state index contributed by atoms with van der Waals surface area (Å²) in [5.74, 6) is 0.510. The summed E-state index contributed by atoms with van der Waals surface area (Å²) in [6, 6.07) is 0. The van der Waals surface area contributed by atoms with Gasteiger partial charge in [-0.3, -0.25) is 0 Å². The average molecular weight is 225 g/mol. The Kier molecular flexibility index (Phi) is 4.42. The number of aromatic nitrogens is 2. The number of nitrogens with two attached hydrogens (primary N) is 1. The smallest absolute Gasteiger partial charge is 0.232 e. The van der Waals surface area contributed by atoms with E-state index in [1.807, 2.05) is 6.92 Å². The van der Waals surface area contributed by atoms with Gasteiger partial charge in [0.1, 0.15) is 10.7 Å². The maximum Gasteiger partial charge on any atom is 0.232 e. The fraction of sp³-hybridized carbons (Fsp3) is 0.500. The molecule has 0 radical (unpaired) electrons. The molecule has 1 aromatic rings. The minimum atomic E-state index is 0.153. The van der Waals surface area contributed by atoms with Crippen LogP contribution in [0.4, 0.5) is 0 Å². The molecule has 0 aliphatic heterocycles. The Morgan fingerprint density at radius 2 is 2.27 bits per heavy atom. The lowest BCUT2D eigenvalue weighted by Gasteiger charge is -2.12. The lowest BCUT2D eigenvalue weighted by molar-refractivity contribution is 0.200. The Morgan fingerprint density at radius 3 is 2.73 bits per heavy atom. The molecule has 0 aromatic carbocycles. The van der Waals surface area contributed by atoms with Gasteiger partial charge in [0.2, 0.25) is 5.88 Å². The molecule has 0 amide bonds. The first-order valence-corrected chi connectivity index (χ1v) is 5.32. The molecule has 1 unspecified atom stereocenters. The third-order valence-electron chi connectivity index (χ3n) is 1.90. The van der Waals surface area contributed by atoms with Gasteiger partial charge in [-0.1, -0.05) is 25.6 Å². The van der Waals surface area contributed by atoms with Crippen molar-refractivity contribution >= 4 is 17.2 Å². The minimum absolute atomic E-state index is 0.153. The molecule has 0 fully saturated rings. The van der Waals surface area contributed by atoms with Crippen LogP contribution in [0.15, 0.2) is 12.4 Å². The number of thiocarbonyl (C=S) groups is 1. The lowest BCUT2D eigenvalue weighted by atomic mass is 10.2. The fourth-order valence-electron chi connectivity index (χ4n) is 1.18. The van der Waals surface area contributed by atoms with Crippen LogP contribution in [0.5, 0.6) is 5.88 Å². The molecule has 0 saturated heterocycles. The molecule has 5 heteroatoms. The van der Waals surface area contributed by atoms with E-state index >= 15 is 0 Å². The normalized spacial score (nSPS) is 12.1. The molecular weight excluding hydrogens is 210 g/mol. The molecule has 1 atom stereocenters. The minimum Gasteiger partial charge on any atom is -0.474 e. The van der Waals surface area contributed by atoms with Crippen molar-refractivity contribution in [2.45, 2.75) is 32.8 Å². The van der Waals surface area contributed by atoms with E-state index in [0.717, 1.165) is 12.8 Å². The largest absolute Gasteiger partial charge is 0.474 e. The number of ether oxygens (including phenoxy) is 1. The summed E-state index contributed by atoms with van der Waals surface area (Å²) in [6.45, 7) is 4.12. The van der Waals surface area contributed by atoms with E-state index in [-0.39, 0.29) is 11.1 Å². The second kappa shape index (κ2) is 5.60. The van der Waals surface area contributed by atoms with E-state index in [0.29, 0.717) is 11.6 Å². The molecule has 0 saturated carbocycles. The molecule has 15 heavy (non-hydrogen) atoms. The van der Waals surface area contributed by atoms with Gasteiger partial charge in [0.15, 0.2) is 0 Å². The van der Waals surface area contributed by atoms with E-state index in [1.54, 1.807) is 6.20 Å². The highest BCUT2D eigenvalue weighted by Crippen LogP contribution is 2.09. The predicted molar refractivity (Wildman–Crippen MR) is 62.9 cm³/mol. The van der Waals surface area contributed by atoms with E-state index in [9.17, 15) is 0 Å². The zero-order valence-electron chi connectivity index (χ0n) is 8.93. The molecule has 4 nitrogen and oxygen atoms in total. The summed E-state index contributed by atoms with van der Waals surface area (Å²) >= 11 is 4.77. The number of rotatable bonds is 5. The van der Waals surface area contributed by atoms with Crippen LogP contribution in [0, 0.1) is 0 Å². The average Bonchev–Trinajstić information content (AvgIpc) is 2.18. The van der Waals surface area contributed by atoms with Crippen molar-refractivity contribution in [1.82, 2.24) is 9.97 Å². The van der Waals surface area contributed by atoms with Gasteiger partial charge in [-0.15, -0.1) is 0 Å². The molecule has 2 N–H and O–H groups in total. The van der Waals surface area contributed by atoms with Crippen LogP contribution in [-0.2, 0) is 0 Å². The molecular formula is C10H15N3OS. The quantitative estimate of drug-likeness (QED) is 0.772. The van der Waals surface area contributed by atoms with Crippen LogP contribution >= 0.6 is 12.2 Å². The monoisotopic (exact) mass is 225 g/mol. The van der Waals surface area contributed by atoms with Gasteiger partial charge in [0.25, 0.3) is 0 Å². The van der Waals surface area contributed by atoms with E-state index < -0.39 is 0 Å². The summed E-state index contributed by atoms with van der Waals surface area (Å²) in [7, 11) is 0. The van der Waals surface area contributed by atoms with Crippen LogP contribution in [0.2, 0.25) is 0 Å². The van der Waals surface area contributed by atoms with Crippen LogP contribution in [-0.4, -0.2) is 21.1 Å². The second-order valence-electron chi connectivity index (χ2n) is 3.32. The first-order valence-electron chi connectivity index (χ1n) is 4.92. The second-order valence-corrected chi connectivity index (χ2v) is 3.76. The highest BCUT2D eigenvalue weighted by Gasteiger charge is 2.05. The summed E-state index contributed by atoms with van der Waals surface area (Å²) in [4.78, 5) is 8.35. The lowest BCUT2D eigenvalue weighted by Crippen LogP contribution is -2.14. The Bertz CT molecular complexity index is 326. The van der Waals surface area contributed by atoms with Crippen LogP contribution in [0.3, 0.4) is 0 Å². The van der Waals surface area contributed by atoms with Gasteiger partial charge in [-0.25, -0.2) is 9.97 Å². The van der Waals surface area contributed by atoms with Crippen molar-refractivity contribution in [3.05, 3.63) is 18.1 Å². The third-order valence-corrected chi connectivity index (χ3v) is 2.11. The maximum absolute atomic E-state index is 5.53. The number of nitrogens with zero attached hydrogens (tertiary/aromatic N) is 2. The summed E-state index contributed by atoms with van der Waals surface area (Å²) in [5, 5.41) is 0. The molecule has 1 aromatic heterocycles. The van der Waals surface area contributed by atoms with Gasteiger partial charge in [0.05, 0.1) is 18.5 Å². The topological polar surface area (TPSA) is 61.0 Å².